The summed E-state index contributed by atoms with van der Waals surface area (Å²) in [5.74, 6) is 0. The van der Waals surface area contributed by atoms with Gasteiger partial charge in [0.05, 0.1) is 0 Å². The Balaban J connectivity index is 1.78. The van der Waals surface area contributed by atoms with E-state index in [1.54, 1.807) is 0 Å². The van der Waals surface area contributed by atoms with E-state index in [0.29, 0.717) is 12.1 Å². The first kappa shape index (κ1) is 14.9. The number of amides is 2. The third-order valence-electron chi connectivity index (χ3n) is 3.62. The van der Waals surface area contributed by atoms with Gasteiger partial charge < -0.3 is 16.0 Å². The maximum absolute atomic E-state index is 11.8. The van der Waals surface area contributed by atoms with Crippen molar-refractivity contribution in [1.82, 2.24) is 10.6 Å². The number of carbonyl (C=O) groups is 1. The molecule has 0 saturated heterocycles. The highest BCUT2D eigenvalue weighted by atomic mass is 16.2. The minimum Gasteiger partial charge on any atom is -0.335 e. The zero-order chi connectivity index (χ0) is 14.4. The van der Waals surface area contributed by atoms with Gasteiger partial charge in [-0.15, -0.1) is 0 Å². The number of anilines is 1. The lowest BCUT2D eigenvalue weighted by Gasteiger charge is -2.13. The van der Waals surface area contributed by atoms with Crippen molar-refractivity contribution in [2.24, 2.45) is 0 Å². The van der Waals surface area contributed by atoms with Gasteiger partial charge in [0.1, 0.15) is 0 Å². The Hall–Kier alpha value is -1.55. The van der Waals surface area contributed by atoms with E-state index in [2.05, 4.69) is 29.8 Å². The van der Waals surface area contributed by atoms with E-state index in [-0.39, 0.29) is 6.03 Å². The second kappa shape index (κ2) is 7.29. The molecule has 0 aromatic heterocycles. The molecule has 1 aromatic rings. The standard InChI is InChI=1S/C16H25N3O/c1-12(2)17-11-13-7-9-15(10-8-13)19-16(20)18-14-5-3-4-6-14/h7-10,12,14,17H,3-6,11H2,1-2H3,(H2,18,19,20). The van der Waals surface area contributed by atoms with Crippen LogP contribution in [0.4, 0.5) is 10.5 Å². The summed E-state index contributed by atoms with van der Waals surface area (Å²) in [4.78, 5) is 11.8. The maximum atomic E-state index is 11.8. The number of hydrogen-bond acceptors (Lipinski definition) is 2. The van der Waals surface area contributed by atoms with Gasteiger partial charge in [0.25, 0.3) is 0 Å². The molecule has 2 amide bonds. The summed E-state index contributed by atoms with van der Waals surface area (Å²) in [5, 5.41) is 9.28. The molecule has 0 unspecified atom stereocenters. The Kier molecular flexibility index (Phi) is 5.41. The Bertz CT molecular complexity index is 422. The third kappa shape index (κ3) is 4.85. The van der Waals surface area contributed by atoms with Crippen LogP contribution in [-0.2, 0) is 6.54 Å². The number of nitrogens with one attached hydrogen (secondary N) is 3. The second-order valence-electron chi connectivity index (χ2n) is 5.81. The molecule has 1 aliphatic carbocycles. The number of benzene rings is 1. The minimum atomic E-state index is -0.0926. The van der Waals surface area contributed by atoms with Crippen LogP contribution >= 0.6 is 0 Å². The van der Waals surface area contributed by atoms with Crippen molar-refractivity contribution in [3.63, 3.8) is 0 Å². The number of carbonyl (C=O) groups excluding carboxylic acids is 1. The van der Waals surface area contributed by atoms with E-state index in [1.807, 2.05) is 24.3 Å². The number of hydrogen-bond donors (Lipinski definition) is 3. The van der Waals surface area contributed by atoms with Gasteiger partial charge in [-0.25, -0.2) is 4.79 Å². The third-order valence-corrected chi connectivity index (χ3v) is 3.62. The van der Waals surface area contributed by atoms with Crippen LogP contribution in [0.1, 0.15) is 45.1 Å². The monoisotopic (exact) mass is 275 g/mol. The Morgan fingerprint density at radius 2 is 1.85 bits per heavy atom. The Morgan fingerprint density at radius 3 is 2.45 bits per heavy atom. The van der Waals surface area contributed by atoms with Crippen LogP contribution in [0.3, 0.4) is 0 Å². The van der Waals surface area contributed by atoms with Crippen molar-refractivity contribution in [2.45, 2.75) is 58.2 Å². The van der Waals surface area contributed by atoms with Gasteiger partial charge in [-0.05, 0) is 30.5 Å². The lowest BCUT2D eigenvalue weighted by molar-refractivity contribution is 0.248. The molecule has 0 radical (unpaired) electrons. The van der Waals surface area contributed by atoms with Crippen LogP contribution in [0.25, 0.3) is 0 Å². The molecule has 0 bridgehead atoms. The topological polar surface area (TPSA) is 53.2 Å². The smallest absolute Gasteiger partial charge is 0.319 e. The van der Waals surface area contributed by atoms with Gasteiger partial charge in [-0.1, -0.05) is 38.8 Å². The normalized spacial score (nSPS) is 15.6. The molecule has 1 fully saturated rings. The van der Waals surface area contributed by atoms with Crippen LogP contribution < -0.4 is 16.0 Å². The number of rotatable bonds is 5. The Labute approximate surface area is 121 Å². The molecule has 0 aliphatic heterocycles. The van der Waals surface area contributed by atoms with Crippen LogP contribution in [-0.4, -0.2) is 18.1 Å². The van der Waals surface area contributed by atoms with Crippen molar-refractivity contribution >= 4 is 11.7 Å². The summed E-state index contributed by atoms with van der Waals surface area (Å²) >= 11 is 0. The molecule has 110 valence electrons. The van der Waals surface area contributed by atoms with E-state index in [1.165, 1.54) is 18.4 Å². The van der Waals surface area contributed by atoms with E-state index in [4.69, 9.17) is 0 Å². The first-order valence-electron chi connectivity index (χ1n) is 7.53. The van der Waals surface area contributed by atoms with Gasteiger partial charge in [0, 0.05) is 24.3 Å². The van der Waals surface area contributed by atoms with Gasteiger partial charge in [-0.3, -0.25) is 0 Å². The first-order valence-corrected chi connectivity index (χ1v) is 7.53. The summed E-state index contributed by atoms with van der Waals surface area (Å²) in [5.41, 5.74) is 2.06. The van der Waals surface area contributed by atoms with E-state index >= 15 is 0 Å². The summed E-state index contributed by atoms with van der Waals surface area (Å²) in [6.07, 6.45) is 4.66. The summed E-state index contributed by atoms with van der Waals surface area (Å²) < 4.78 is 0. The lowest BCUT2D eigenvalue weighted by atomic mass is 10.2. The average molecular weight is 275 g/mol. The molecular weight excluding hydrogens is 250 g/mol. The molecule has 2 rings (SSSR count). The molecule has 0 spiro atoms. The molecule has 4 heteroatoms. The Morgan fingerprint density at radius 1 is 1.20 bits per heavy atom. The predicted molar refractivity (Wildman–Crippen MR) is 82.8 cm³/mol. The molecule has 3 N–H and O–H groups in total. The van der Waals surface area contributed by atoms with Crippen molar-refractivity contribution in [1.29, 1.82) is 0 Å². The lowest BCUT2D eigenvalue weighted by Crippen LogP contribution is -2.36. The highest BCUT2D eigenvalue weighted by molar-refractivity contribution is 5.89. The molecule has 1 aliphatic rings. The second-order valence-corrected chi connectivity index (χ2v) is 5.81. The van der Waals surface area contributed by atoms with Crippen molar-refractivity contribution < 1.29 is 4.79 Å². The van der Waals surface area contributed by atoms with Gasteiger partial charge in [0.15, 0.2) is 0 Å². The van der Waals surface area contributed by atoms with E-state index < -0.39 is 0 Å². The fraction of sp³-hybridized carbons (Fsp3) is 0.562. The fourth-order valence-electron chi connectivity index (χ4n) is 2.45. The van der Waals surface area contributed by atoms with Crippen LogP contribution in [0, 0.1) is 0 Å². The largest absolute Gasteiger partial charge is 0.335 e. The van der Waals surface area contributed by atoms with Crippen LogP contribution in [0.2, 0.25) is 0 Å². The van der Waals surface area contributed by atoms with Crippen molar-refractivity contribution in [2.75, 3.05) is 5.32 Å². The molecule has 1 aromatic carbocycles. The predicted octanol–water partition coefficient (Wildman–Crippen LogP) is 3.25. The highest BCUT2D eigenvalue weighted by Gasteiger charge is 2.16. The van der Waals surface area contributed by atoms with Crippen LogP contribution in [0.5, 0.6) is 0 Å². The summed E-state index contributed by atoms with van der Waals surface area (Å²) in [7, 11) is 0. The van der Waals surface area contributed by atoms with Crippen LogP contribution in [0.15, 0.2) is 24.3 Å². The molecule has 0 atom stereocenters. The van der Waals surface area contributed by atoms with Gasteiger partial charge in [0.2, 0.25) is 0 Å². The molecular formula is C16H25N3O. The van der Waals surface area contributed by atoms with Crippen molar-refractivity contribution in [3.8, 4) is 0 Å². The molecule has 20 heavy (non-hydrogen) atoms. The minimum absolute atomic E-state index is 0.0926. The SMILES string of the molecule is CC(C)NCc1ccc(NC(=O)NC2CCCC2)cc1. The highest BCUT2D eigenvalue weighted by Crippen LogP contribution is 2.18. The zero-order valence-electron chi connectivity index (χ0n) is 12.4. The molecule has 4 nitrogen and oxygen atoms in total. The zero-order valence-corrected chi connectivity index (χ0v) is 12.4. The first-order chi connectivity index (χ1) is 9.63. The molecule has 1 saturated carbocycles. The fourth-order valence-corrected chi connectivity index (χ4v) is 2.45. The van der Waals surface area contributed by atoms with E-state index in [0.717, 1.165) is 25.1 Å². The van der Waals surface area contributed by atoms with Crippen molar-refractivity contribution in [3.05, 3.63) is 29.8 Å². The van der Waals surface area contributed by atoms with E-state index in [9.17, 15) is 4.79 Å². The quantitative estimate of drug-likeness (QED) is 0.772. The molecule has 0 heterocycles. The maximum Gasteiger partial charge on any atom is 0.319 e. The number of urea groups is 1. The van der Waals surface area contributed by atoms with Gasteiger partial charge >= 0.3 is 6.03 Å². The van der Waals surface area contributed by atoms with Gasteiger partial charge in [-0.2, -0.15) is 0 Å². The summed E-state index contributed by atoms with van der Waals surface area (Å²) in [6.45, 7) is 5.11. The average Bonchev–Trinajstić information content (AvgIpc) is 2.90. The summed E-state index contributed by atoms with van der Waals surface area (Å²) in [6, 6.07) is 8.72.